The maximum atomic E-state index is 12.8. The molecular formula is C22H27N3O. The molecule has 0 unspecified atom stereocenters. The van der Waals surface area contributed by atoms with Crippen molar-refractivity contribution in [2.75, 3.05) is 33.2 Å². The molecule has 0 bridgehead atoms. The molecule has 4 nitrogen and oxygen atoms in total. The lowest BCUT2D eigenvalue weighted by Crippen LogP contribution is -2.35. The van der Waals surface area contributed by atoms with E-state index in [9.17, 15) is 4.79 Å². The average Bonchev–Trinajstić information content (AvgIpc) is 3.50. The summed E-state index contributed by atoms with van der Waals surface area (Å²) < 4.78 is 0. The van der Waals surface area contributed by atoms with Crippen LogP contribution in [0.4, 0.5) is 0 Å². The second kappa shape index (κ2) is 7.58. The lowest BCUT2D eigenvalue weighted by Gasteiger charge is -2.23. The summed E-state index contributed by atoms with van der Waals surface area (Å²) in [5.41, 5.74) is 3.51. The predicted molar refractivity (Wildman–Crippen MR) is 104 cm³/mol. The number of hydrogen-bond acceptors (Lipinski definition) is 3. The summed E-state index contributed by atoms with van der Waals surface area (Å²) in [4.78, 5) is 21.5. The Bertz CT molecular complexity index is 757. The van der Waals surface area contributed by atoms with Crippen LogP contribution in [0.25, 0.3) is 11.1 Å². The molecule has 2 aromatic rings. The van der Waals surface area contributed by atoms with E-state index in [0.29, 0.717) is 0 Å². The molecule has 0 radical (unpaired) electrons. The van der Waals surface area contributed by atoms with Gasteiger partial charge in [0.25, 0.3) is 0 Å². The minimum Gasteiger partial charge on any atom is -0.344 e. The maximum Gasteiger partial charge on any atom is 0.227 e. The summed E-state index contributed by atoms with van der Waals surface area (Å²) in [5, 5.41) is 0. The van der Waals surface area contributed by atoms with Crippen molar-refractivity contribution in [3.8, 4) is 11.1 Å². The average molecular weight is 349 g/mol. The van der Waals surface area contributed by atoms with Crippen molar-refractivity contribution in [2.24, 2.45) is 11.8 Å². The highest BCUT2D eigenvalue weighted by molar-refractivity contribution is 5.79. The van der Waals surface area contributed by atoms with Crippen LogP contribution >= 0.6 is 0 Å². The van der Waals surface area contributed by atoms with Crippen molar-refractivity contribution in [1.82, 2.24) is 14.8 Å². The van der Waals surface area contributed by atoms with Crippen LogP contribution in [-0.2, 0) is 11.2 Å². The first kappa shape index (κ1) is 17.2. The van der Waals surface area contributed by atoms with Crippen molar-refractivity contribution < 1.29 is 4.79 Å². The number of nitrogens with zero attached hydrogens (tertiary/aromatic N) is 3. The van der Waals surface area contributed by atoms with E-state index in [0.717, 1.165) is 44.1 Å². The molecule has 4 rings (SSSR count). The molecule has 1 aliphatic carbocycles. The highest BCUT2D eigenvalue weighted by Crippen LogP contribution is 2.30. The zero-order chi connectivity index (χ0) is 17.9. The van der Waals surface area contributed by atoms with Gasteiger partial charge in [0.15, 0.2) is 0 Å². The molecule has 1 aliphatic heterocycles. The van der Waals surface area contributed by atoms with Crippen molar-refractivity contribution in [2.45, 2.75) is 19.3 Å². The molecule has 1 atom stereocenters. The molecule has 1 aromatic heterocycles. The van der Waals surface area contributed by atoms with Gasteiger partial charge >= 0.3 is 0 Å². The van der Waals surface area contributed by atoms with Crippen LogP contribution in [0.5, 0.6) is 0 Å². The molecule has 2 fully saturated rings. The number of rotatable bonds is 5. The second-order valence-corrected chi connectivity index (χ2v) is 7.81. The first-order chi connectivity index (χ1) is 12.7. The Labute approximate surface area is 155 Å². The second-order valence-electron chi connectivity index (χ2n) is 7.81. The van der Waals surface area contributed by atoms with Crippen molar-refractivity contribution >= 4 is 5.91 Å². The fourth-order valence-corrected chi connectivity index (χ4v) is 3.87. The van der Waals surface area contributed by atoms with E-state index < -0.39 is 0 Å². The molecule has 136 valence electrons. The van der Waals surface area contributed by atoms with Gasteiger partial charge in [-0.1, -0.05) is 30.3 Å². The van der Waals surface area contributed by atoms with Crippen LogP contribution in [0.2, 0.25) is 0 Å². The first-order valence-electron chi connectivity index (χ1n) is 9.66. The van der Waals surface area contributed by atoms with Crippen LogP contribution < -0.4 is 0 Å². The van der Waals surface area contributed by atoms with E-state index in [1.165, 1.54) is 24.0 Å². The SMILES string of the molecule is CN1CCN(CC2CC2)C[C@@H](Cc2cccc(-c3cccnc3)c2)C1=O. The number of aromatic nitrogens is 1. The summed E-state index contributed by atoms with van der Waals surface area (Å²) in [6.07, 6.45) is 7.21. The van der Waals surface area contributed by atoms with E-state index in [4.69, 9.17) is 0 Å². The largest absolute Gasteiger partial charge is 0.344 e. The van der Waals surface area contributed by atoms with Gasteiger partial charge in [0.1, 0.15) is 0 Å². The van der Waals surface area contributed by atoms with Crippen molar-refractivity contribution in [3.63, 3.8) is 0 Å². The molecule has 1 saturated carbocycles. The number of benzene rings is 1. The third kappa shape index (κ3) is 4.13. The highest BCUT2D eigenvalue weighted by atomic mass is 16.2. The van der Waals surface area contributed by atoms with Crippen LogP contribution in [0.3, 0.4) is 0 Å². The van der Waals surface area contributed by atoms with Gasteiger partial charge in [-0.2, -0.15) is 0 Å². The van der Waals surface area contributed by atoms with Crippen LogP contribution in [-0.4, -0.2) is 53.9 Å². The summed E-state index contributed by atoms with van der Waals surface area (Å²) >= 11 is 0. The van der Waals surface area contributed by atoms with Gasteiger partial charge in [-0.05, 0) is 47.9 Å². The Morgan fingerprint density at radius 1 is 1.12 bits per heavy atom. The number of hydrogen-bond donors (Lipinski definition) is 0. The highest BCUT2D eigenvalue weighted by Gasteiger charge is 2.31. The van der Waals surface area contributed by atoms with Crippen molar-refractivity contribution in [1.29, 1.82) is 0 Å². The lowest BCUT2D eigenvalue weighted by molar-refractivity contribution is -0.133. The van der Waals surface area contributed by atoms with Gasteiger partial charge in [0, 0.05) is 45.6 Å². The smallest absolute Gasteiger partial charge is 0.227 e. The van der Waals surface area contributed by atoms with E-state index in [-0.39, 0.29) is 11.8 Å². The molecule has 0 spiro atoms. The number of likely N-dealkylation sites (N-methyl/N-ethyl adjacent to an activating group) is 1. The standard InChI is InChI=1S/C22H27N3O/c1-24-10-11-25(15-17-7-8-17)16-21(22(24)26)13-18-4-2-5-19(12-18)20-6-3-9-23-14-20/h2-6,9,12,14,17,21H,7-8,10-11,13,15-16H2,1H3/t21-/m1/s1. The van der Waals surface area contributed by atoms with Gasteiger partial charge < -0.3 is 9.80 Å². The Kier molecular flexibility index (Phi) is 5.02. The Balaban J connectivity index is 1.51. The van der Waals surface area contributed by atoms with Gasteiger partial charge in [-0.25, -0.2) is 0 Å². The molecule has 2 aliphatic rings. The number of pyridine rings is 1. The molecule has 26 heavy (non-hydrogen) atoms. The van der Waals surface area contributed by atoms with Crippen molar-refractivity contribution in [3.05, 3.63) is 54.4 Å². The number of carbonyl (C=O) groups excluding carboxylic acids is 1. The van der Waals surface area contributed by atoms with E-state index >= 15 is 0 Å². The normalized spacial score (nSPS) is 21.7. The first-order valence-corrected chi connectivity index (χ1v) is 9.66. The third-order valence-corrected chi connectivity index (χ3v) is 5.57. The summed E-state index contributed by atoms with van der Waals surface area (Å²) in [5.74, 6) is 1.20. The van der Waals surface area contributed by atoms with Crippen LogP contribution in [0, 0.1) is 11.8 Å². The summed E-state index contributed by atoms with van der Waals surface area (Å²) in [6, 6.07) is 12.6. The van der Waals surface area contributed by atoms with E-state index in [2.05, 4.69) is 40.2 Å². The molecular weight excluding hydrogens is 322 g/mol. The zero-order valence-corrected chi connectivity index (χ0v) is 15.5. The van der Waals surface area contributed by atoms with Crippen LogP contribution in [0.15, 0.2) is 48.8 Å². The molecule has 4 heteroatoms. The predicted octanol–water partition coefficient (Wildman–Crippen LogP) is 3.09. The number of carbonyl (C=O) groups is 1. The fraction of sp³-hybridized carbons (Fsp3) is 0.455. The topological polar surface area (TPSA) is 36.4 Å². The van der Waals surface area contributed by atoms with Gasteiger partial charge in [0.2, 0.25) is 5.91 Å². The van der Waals surface area contributed by atoms with E-state index in [1.807, 2.05) is 24.2 Å². The summed E-state index contributed by atoms with van der Waals surface area (Å²) in [6.45, 7) is 3.90. The monoisotopic (exact) mass is 349 g/mol. The maximum absolute atomic E-state index is 12.8. The van der Waals surface area contributed by atoms with Gasteiger partial charge in [0.05, 0.1) is 5.92 Å². The lowest BCUT2D eigenvalue weighted by atomic mass is 9.95. The zero-order valence-electron chi connectivity index (χ0n) is 15.5. The molecule has 1 aromatic carbocycles. The molecule has 2 heterocycles. The Morgan fingerprint density at radius 3 is 2.73 bits per heavy atom. The Morgan fingerprint density at radius 2 is 1.96 bits per heavy atom. The molecule has 1 saturated heterocycles. The fourth-order valence-electron chi connectivity index (χ4n) is 3.87. The summed E-state index contributed by atoms with van der Waals surface area (Å²) in [7, 11) is 1.95. The minimum atomic E-state index is 0.0467. The van der Waals surface area contributed by atoms with E-state index in [1.54, 1.807) is 6.20 Å². The number of amides is 1. The molecule has 0 N–H and O–H groups in total. The van der Waals surface area contributed by atoms with Gasteiger partial charge in [-0.3, -0.25) is 9.78 Å². The molecule has 1 amide bonds. The minimum absolute atomic E-state index is 0.0467. The van der Waals surface area contributed by atoms with Gasteiger partial charge in [-0.15, -0.1) is 0 Å². The Hall–Kier alpha value is -2.20. The van der Waals surface area contributed by atoms with Crippen LogP contribution in [0.1, 0.15) is 18.4 Å². The quantitative estimate of drug-likeness (QED) is 0.832. The third-order valence-electron chi connectivity index (χ3n) is 5.57.